The summed E-state index contributed by atoms with van der Waals surface area (Å²) in [6.45, 7) is 6.97. The Morgan fingerprint density at radius 3 is 2.07 bits per heavy atom. The molecule has 0 bridgehead atoms. The van der Waals surface area contributed by atoms with Crippen LogP contribution < -0.4 is 25.9 Å². The molecular formula is C36H37BIrNO4-. The number of rotatable bonds is 8. The van der Waals surface area contributed by atoms with Gasteiger partial charge in [-0.3, -0.25) is 4.79 Å². The molecule has 0 amide bonds. The Hall–Kier alpha value is -3.67. The molecule has 0 unspecified atom stereocenters. The van der Waals surface area contributed by atoms with E-state index >= 15 is 0 Å². The summed E-state index contributed by atoms with van der Waals surface area (Å²) in [4.78, 5) is 16.6. The van der Waals surface area contributed by atoms with E-state index in [4.69, 9.17) is 13.6 Å². The van der Waals surface area contributed by atoms with Crippen LogP contribution in [0.1, 0.15) is 57.5 Å². The molecule has 7 heteroatoms. The zero-order chi connectivity index (χ0) is 32.4. The molecule has 3 heterocycles. The summed E-state index contributed by atoms with van der Waals surface area (Å²) in [6, 6.07) is 26.9. The van der Waals surface area contributed by atoms with Gasteiger partial charge in [0.2, 0.25) is 6.71 Å². The normalized spacial score (nSPS) is 14.2. The molecule has 5 nitrogen and oxygen atoms in total. The van der Waals surface area contributed by atoms with Crippen LogP contribution in [-0.4, -0.2) is 22.6 Å². The zero-order valence-corrected chi connectivity index (χ0v) is 27.3. The van der Waals surface area contributed by atoms with Crippen LogP contribution in [0.5, 0.6) is 23.0 Å². The van der Waals surface area contributed by atoms with E-state index in [1.54, 1.807) is 33.9 Å². The number of aliphatic hydroxyl groups is 1. The summed E-state index contributed by atoms with van der Waals surface area (Å²) in [5.41, 5.74) is 5.05. The van der Waals surface area contributed by atoms with Crippen molar-refractivity contribution in [2.45, 2.75) is 53.4 Å². The zero-order valence-electron chi connectivity index (χ0n) is 27.9. The van der Waals surface area contributed by atoms with Gasteiger partial charge in [0.25, 0.3) is 0 Å². The number of allylic oxidation sites excluding steroid dienone is 2. The molecule has 2 aliphatic heterocycles. The van der Waals surface area contributed by atoms with E-state index in [0.29, 0.717) is 25.7 Å². The number of aromatic nitrogens is 1. The molecule has 3 aromatic carbocycles. The van der Waals surface area contributed by atoms with Gasteiger partial charge in [-0.2, -0.15) is 0 Å². The van der Waals surface area contributed by atoms with E-state index < -0.39 is 29.4 Å². The quantitative estimate of drug-likeness (QED) is 0.0775. The third-order valence-electron chi connectivity index (χ3n) is 7.78. The molecule has 2 aliphatic rings. The molecule has 4 aromatic rings. The van der Waals surface area contributed by atoms with Crippen molar-refractivity contribution in [1.29, 1.82) is 0 Å². The molecule has 0 atom stereocenters. The van der Waals surface area contributed by atoms with Crippen LogP contribution >= 0.6 is 0 Å². The maximum Gasteiger partial charge on any atom is 0.239 e. The fourth-order valence-electron chi connectivity index (χ4n) is 5.46. The molecule has 0 saturated carbocycles. The average Bonchev–Trinajstić information content (AvgIpc) is 3.10. The van der Waals surface area contributed by atoms with Crippen molar-refractivity contribution < 1.29 is 43.6 Å². The second-order valence-electron chi connectivity index (χ2n) is 10.1. The molecule has 223 valence electrons. The van der Waals surface area contributed by atoms with Crippen LogP contribution in [0.3, 0.4) is 0 Å². The topological polar surface area (TPSA) is 68.7 Å². The summed E-state index contributed by atoms with van der Waals surface area (Å²) < 4.78 is 36.3. The van der Waals surface area contributed by atoms with E-state index in [-0.39, 0.29) is 26.8 Å². The molecule has 0 saturated heterocycles. The molecule has 0 fully saturated rings. The first-order chi connectivity index (χ1) is 21.6. The number of aliphatic hydroxyl groups excluding tert-OH is 1. The van der Waals surface area contributed by atoms with Crippen LogP contribution in [0.15, 0.2) is 90.8 Å². The van der Waals surface area contributed by atoms with E-state index in [9.17, 15) is 9.90 Å². The molecule has 1 N–H and O–H groups in total. The Balaban J connectivity index is 0.000000225. The van der Waals surface area contributed by atoms with E-state index in [1.807, 2.05) is 48.5 Å². The number of carbonyl (C=O) groups excluding carboxylic acids is 1. The van der Waals surface area contributed by atoms with Crippen molar-refractivity contribution in [1.82, 2.24) is 4.98 Å². The van der Waals surface area contributed by atoms with Gasteiger partial charge in [0, 0.05) is 58.4 Å². The summed E-state index contributed by atoms with van der Waals surface area (Å²) in [5, 5.41) is 9.96. The Labute approximate surface area is 273 Å². The summed E-state index contributed by atoms with van der Waals surface area (Å²) in [5.74, 6) is -0.527. The molecule has 0 aliphatic carbocycles. The first kappa shape index (κ1) is 28.1. The van der Waals surface area contributed by atoms with Crippen molar-refractivity contribution in [2.75, 3.05) is 0 Å². The van der Waals surface area contributed by atoms with Crippen molar-refractivity contribution in [2.24, 2.45) is 11.8 Å². The van der Waals surface area contributed by atoms with Crippen molar-refractivity contribution in [3.8, 4) is 34.3 Å². The van der Waals surface area contributed by atoms with Crippen molar-refractivity contribution in [3.63, 3.8) is 0 Å². The Bertz CT molecular complexity index is 1730. The minimum absolute atomic E-state index is 0. The van der Waals surface area contributed by atoms with Gasteiger partial charge in [-0.05, 0) is 60.5 Å². The van der Waals surface area contributed by atoms with Gasteiger partial charge >= 0.3 is 0 Å². The number of pyridine rings is 1. The summed E-state index contributed by atoms with van der Waals surface area (Å²) in [6.07, 6.45) is 3.03. The average molecular weight is 754 g/mol. The molecule has 0 spiro atoms. The van der Waals surface area contributed by atoms with Crippen LogP contribution in [0.25, 0.3) is 11.3 Å². The number of ketones is 1. The van der Waals surface area contributed by atoms with Crippen LogP contribution in [0.4, 0.5) is 0 Å². The second kappa shape index (κ2) is 14.7. The minimum atomic E-state index is -1.37. The fourth-order valence-corrected chi connectivity index (χ4v) is 5.46. The van der Waals surface area contributed by atoms with Gasteiger partial charge in [-0.25, -0.2) is 0 Å². The van der Waals surface area contributed by atoms with Gasteiger partial charge in [0.15, 0.2) is 5.78 Å². The second-order valence-corrected chi connectivity index (χ2v) is 10.1. The molecular weight excluding hydrogens is 713 g/mol. The fraction of sp³-hybridized carbons (Fsp3) is 0.278. The number of nitrogens with zero attached hydrogens (tertiary/aromatic N) is 1. The molecule has 43 heavy (non-hydrogen) atoms. The number of hydrogen-bond acceptors (Lipinski definition) is 5. The molecule has 1 radical (unpaired) electrons. The molecule has 6 rings (SSSR count). The van der Waals surface area contributed by atoms with Gasteiger partial charge in [0.05, 0.1) is 7.13 Å². The molecule has 1 aromatic heterocycles. The van der Waals surface area contributed by atoms with Gasteiger partial charge in [-0.15, -0.1) is 12.1 Å². The van der Waals surface area contributed by atoms with Crippen LogP contribution in [-0.2, 0) is 24.9 Å². The maximum atomic E-state index is 12.1. The predicted molar refractivity (Wildman–Crippen MR) is 170 cm³/mol. The first-order valence-corrected chi connectivity index (χ1v) is 14.6. The standard InChI is InChI=1S/C23H13BNO2.C13H24O2.Ir/c1-3-10-19-16(7-1)24-17-8-2-4-11-20(17)27-23-15(18-9-5-6-14-25-18)12-13-21(26-19)22(23)24;1-5-10(6-2)12(14)9-13(15)11(7-3)8-4;/h1-11,13-14H;9-11,14H,5-8H2,1-4H3;/q-1;;/b;12-9-;/i;9D,10D,11D;. The Morgan fingerprint density at radius 2 is 1.49 bits per heavy atom. The minimum Gasteiger partial charge on any atom is -0.512 e. The predicted octanol–water partition coefficient (Wildman–Crippen LogP) is 7.14. The SMILES string of the molecule is [2H]/C(C(=O)C([2H])(CC)CC)=C(/O)C([2H])(CC)CC.[Ir].[c-]1cc2c3c(c1-c1ccccn1)Oc1ccccc1B3c1ccccc1O2. The van der Waals surface area contributed by atoms with Crippen molar-refractivity contribution in [3.05, 3.63) is 96.9 Å². The largest absolute Gasteiger partial charge is 0.512 e. The third kappa shape index (κ3) is 6.64. The van der Waals surface area contributed by atoms with Gasteiger partial charge < -0.3 is 19.6 Å². The number of ether oxygens (including phenoxy) is 2. The first-order valence-electron chi connectivity index (χ1n) is 16.1. The van der Waals surface area contributed by atoms with Crippen molar-refractivity contribution >= 4 is 28.9 Å². The van der Waals surface area contributed by atoms with E-state index in [1.165, 1.54) is 0 Å². The maximum absolute atomic E-state index is 12.1. The third-order valence-corrected chi connectivity index (χ3v) is 7.78. The number of carbonyl (C=O) groups is 1. The number of fused-ring (bicyclic) bond motifs is 4. The van der Waals surface area contributed by atoms with Gasteiger partial charge in [-0.1, -0.05) is 87.3 Å². The number of para-hydroxylation sites is 2. The smallest absolute Gasteiger partial charge is 0.239 e. The monoisotopic (exact) mass is 754 g/mol. The number of hydrogen-bond donors (Lipinski definition) is 1. The van der Waals surface area contributed by atoms with E-state index in [2.05, 4.69) is 35.3 Å². The summed E-state index contributed by atoms with van der Waals surface area (Å²) >= 11 is 0. The Morgan fingerprint density at radius 1 is 0.907 bits per heavy atom. The summed E-state index contributed by atoms with van der Waals surface area (Å²) in [7, 11) is 0. The van der Waals surface area contributed by atoms with Gasteiger partial charge in [0.1, 0.15) is 11.5 Å². The van der Waals surface area contributed by atoms with E-state index in [0.717, 1.165) is 50.6 Å². The Kier molecular flexibility index (Phi) is 9.60. The van der Waals surface area contributed by atoms with Crippen LogP contribution in [0, 0.1) is 17.9 Å². The number of benzene rings is 3. The van der Waals surface area contributed by atoms with Crippen LogP contribution in [0.2, 0.25) is 0 Å².